The quantitative estimate of drug-likeness (QED) is 0.508. The molecule has 2 rings (SSSR count). The molecule has 0 aliphatic carbocycles. The number of rotatable bonds is 0. The zero-order valence-electron chi connectivity index (χ0n) is 4.55. The van der Waals surface area contributed by atoms with E-state index in [1.54, 1.807) is 0 Å². The van der Waals surface area contributed by atoms with Gasteiger partial charge in [0.2, 0.25) is 0 Å². The van der Waals surface area contributed by atoms with Crippen molar-refractivity contribution in [3.8, 4) is 0 Å². The van der Waals surface area contributed by atoms with Gasteiger partial charge >= 0.3 is 0 Å². The van der Waals surface area contributed by atoms with Crippen LogP contribution in [0.2, 0.25) is 0 Å². The van der Waals surface area contributed by atoms with Gasteiger partial charge in [-0.25, -0.2) is 0 Å². The van der Waals surface area contributed by atoms with E-state index in [0.717, 1.165) is 6.67 Å². The average molecular weight is 128 g/mol. The van der Waals surface area contributed by atoms with Crippen LogP contribution in [0.25, 0.3) is 0 Å². The minimum atomic E-state index is 1.03. The van der Waals surface area contributed by atoms with Crippen molar-refractivity contribution in [2.75, 3.05) is 18.3 Å². The lowest BCUT2D eigenvalue weighted by atomic mass is 10.5. The first kappa shape index (κ1) is 4.56. The summed E-state index contributed by atoms with van der Waals surface area (Å²) < 4.78 is 0. The molecule has 0 bridgehead atoms. The Morgan fingerprint density at radius 2 is 2.75 bits per heavy atom. The molecular formula is C5H8N2S. The predicted octanol–water partition coefficient (Wildman–Crippen LogP) is 0.395. The summed E-state index contributed by atoms with van der Waals surface area (Å²) in [6, 6.07) is 0. The van der Waals surface area contributed by atoms with Crippen LogP contribution < -0.4 is 5.32 Å². The fourth-order valence-corrected chi connectivity index (χ4v) is 2.03. The molecule has 0 atom stereocenters. The first-order valence-corrected chi connectivity index (χ1v) is 3.87. The van der Waals surface area contributed by atoms with E-state index < -0.39 is 0 Å². The van der Waals surface area contributed by atoms with Gasteiger partial charge in [-0.15, -0.1) is 11.8 Å². The Bertz CT molecular complexity index is 132. The lowest BCUT2D eigenvalue weighted by Gasteiger charge is -2.08. The summed E-state index contributed by atoms with van der Waals surface area (Å²) >= 11 is 1.98. The minimum absolute atomic E-state index is 1.03. The highest BCUT2D eigenvalue weighted by Gasteiger charge is 2.19. The summed E-state index contributed by atoms with van der Waals surface area (Å²) in [5.41, 5.74) is 1.47. The standard InChI is InChI=1S/C5H8N2S/c1-5-2-8-4-7(5)3-6-1/h1,6H,2-4H2. The van der Waals surface area contributed by atoms with Gasteiger partial charge in [-0.2, -0.15) is 0 Å². The molecule has 2 aliphatic heterocycles. The molecule has 44 valence electrons. The predicted molar refractivity (Wildman–Crippen MR) is 35.2 cm³/mol. The van der Waals surface area contributed by atoms with Gasteiger partial charge in [-0.3, -0.25) is 0 Å². The summed E-state index contributed by atoms with van der Waals surface area (Å²) in [5, 5.41) is 3.17. The maximum absolute atomic E-state index is 3.17. The van der Waals surface area contributed by atoms with Crippen LogP contribution in [0.5, 0.6) is 0 Å². The normalized spacial score (nSPS) is 25.0. The van der Waals surface area contributed by atoms with Gasteiger partial charge in [0.05, 0.1) is 12.5 Å². The molecule has 3 heteroatoms. The largest absolute Gasteiger partial charge is 0.372 e. The maximum Gasteiger partial charge on any atom is 0.0878 e. The highest BCUT2D eigenvalue weighted by atomic mass is 32.2. The van der Waals surface area contributed by atoms with Crippen LogP contribution >= 0.6 is 11.8 Å². The summed E-state index contributed by atoms with van der Waals surface area (Å²) in [4.78, 5) is 2.35. The number of thioether (sulfide) groups is 1. The van der Waals surface area contributed by atoms with E-state index in [9.17, 15) is 0 Å². The number of nitrogens with one attached hydrogen (secondary N) is 1. The Kier molecular flexibility index (Phi) is 0.903. The molecule has 2 aliphatic rings. The van der Waals surface area contributed by atoms with Crippen LogP contribution in [0.3, 0.4) is 0 Å². The van der Waals surface area contributed by atoms with Crippen molar-refractivity contribution >= 4 is 11.8 Å². The molecule has 0 amide bonds. The highest BCUT2D eigenvalue weighted by molar-refractivity contribution is 7.99. The first-order valence-electron chi connectivity index (χ1n) is 2.72. The smallest absolute Gasteiger partial charge is 0.0878 e. The Labute approximate surface area is 52.9 Å². The van der Waals surface area contributed by atoms with E-state index in [1.165, 1.54) is 17.3 Å². The third-order valence-corrected chi connectivity index (χ3v) is 2.45. The monoisotopic (exact) mass is 128 g/mol. The lowest BCUT2D eigenvalue weighted by Crippen LogP contribution is -2.19. The highest BCUT2D eigenvalue weighted by Crippen LogP contribution is 2.24. The van der Waals surface area contributed by atoms with Crippen LogP contribution in [0.4, 0.5) is 0 Å². The van der Waals surface area contributed by atoms with Gasteiger partial charge in [0, 0.05) is 17.6 Å². The van der Waals surface area contributed by atoms with Gasteiger partial charge in [0.1, 0.15) is 0 Å². The molecule has 0 unspecified atom stereocenters. The van der Waals surface area contributed by atoms with Crippen molar-refractivity contribution in [2.45, 2.75) is 0 Å². The van der Waals surface area contributed by atoms with Crippen molar-refractivity contribution in [3.05, 3.63) is 11.9 Å². The van der Waals surface area contributed by atoms with Crippen LogP contribution in [0.1, 0.15) is 0 Å². The van der Waals surface area contributed by atoms with Crippen LogP contribution in [0, 0.1) is 0 Å². The van der Waals surface area contributed by atoms with Gasteiger partial charge in [-0.05, 0) is 0 Å². The molecule has 8 heavy (non-hydrogen) atoms. The molecule has 1 fully saturated rings. The number of hydrogen-bond donors (Lipinski definition) is 1. The van der Waals surface area contributed by atoms with Crippen molar-refractivity contribution in [1.82, 2.24) is 10.2 Å². The third-order valence-electron chi connectivity index (χ3n) is 1.45. The molecule has 1 saturated heterocycles. The van der Waals surface area contributed by atoms with Crippen molar-refractivity contribution in [3.63, 3.8) is 0 Å². The SMILES string of the molecule is C1=C2CSCN2CN1. The molecular weight excluding hydrogens is 120 g/mol. The van der Waals surface area contributed by atoms with Crippen molar-refractivity contribution < 1.29 is 0 Å². The van der Waals surface area contributed by atoms with Crippen LogP contribution in [-0.4, -0.2) is 23.2 Å². The summed E-state index contributed by atoms with van der Waals surface area (Å²) in [6.07, 6.45) is 2.11. The second kappa shape index (κ2) is 1.58. The second-order valence-electron chi connectivity index (χ2n) is 2.02. The number of hydrogen-bond acceptors (Lipinski definition) is 3. The molecule has 0 spiro atoms. The van der Waals surface area contributed by atoms with Crippen LogP contribution in [0.15, 0.2) is 11.9 Å². The zero-order valence-corrected chi connectivity index (χ0v) is 5.37. The molecule has 0 aromatic carbocycles. The third kappa shape index (κ3) is 0.508. The second-order valence-corrected chi connectivity index (χ2v) is 2.97. The summed E-state index contributed by atoms with van der Waals surface area (Å²) in [5.74, 6) is 2.38. The fourth-order valence-electron chi connectivity index (χ4n) is 0.988. The molecule has 0 aromatic heterocycles. The Hall–Kier alpha value is -0.310. The Balaban J connectivity index is 2.20. The van der Waals surface area contributed by atoms with Crippen molar-refractivity contribution in [2.24, 2.45) is 0 Å². The molecule has 2 heterocycles. The van der Waals surface area contributed by atoms with Gasteiger partial charge in [0.15, 0.2) is 0 Å². The van der Waals surface area contributed by atoms with Gasteiger partial charge in [-0.1, -0.05) is 0 Å². The van der Waals surface area contributed by atoms with Crippen LogP contribution in [-0.2, 0) is 0 Å². The molecule has 0 aromatic rings. The van der Waals surface area contributed by atoms with E-state index in [0.29, 0.717) is 0 Å². The molecule has 1 N–H and O–H groups in total. The average Bonchev–Trinajstić information content (AvgIpc) is 2.15. The first-order chi connectivity index (χ1) is 3.97. The van der Waals surface area contributed by atoms with E-state index in [-0.39, 0.29) is 0 Å². The Morgan fingerprint density at radius 1 is 1.75 bits per heavy atom. The lowest BCUT2D eigenvalue weighted by molar-refractivity contribution is 0.440. The fraction of sp³-hybridized carbons (Fsp3) is 0.600. The van der Waals surface area contributed by atoms with E-state index in [1.807, 2.05) is 11.8 Å². The number of nitrogens with zero attached hydrogens (tertiary/aromatic N) is 1. The molecule has 0 saturated carbocycles. The van der Waals surface area contributed by atoms with Crippen molar-refractivity contribution in [1.29, 1.82) is 0 Å². The molecule has 2 nitrogen and oxygen atoms in total. The Morgan fingerprint density at radius 3 is 3.62 bits per heavy atom. The number of fused-ring (bicyclic) bond motifs is 1. The topological polar surface area (TPSA) is 15.3 Å². The maximum atomic E-state index is 3.17. The van der Waals surface area contributed by atoms with E-state index >= 15 is 0 Å². The minimum Gasteiger partial charge on any atom is -0.372 e. The molecule has 0 radical (unpaired) electrons. The summed E-state index contributed by atoms with van der Waals surface area (Å²) in [7, 11) is 0. The zero-order chi connectivity index (χ0) is 5.40. The van der Waals surface area contributed by atoms with Gasteiger partial charge in [0.25, 0.3) is 0 Å². The summed E-state index contributed by atoms with van der Waals surface area (Å²) in [6.45, 7) is 1.03. The van der Waals surface area contributed by atoms with Gasteiger partial charge < -0.3 is 10.2 Å². The van der Waals surface area contributed by atoms with E-state index in [4.69, 9.17) is 0 Å². The van der Waals surface area contributed by atoms with E-state index in [2.05, 4.69) is 16.4 Å².